The van der Waals surface area contributed by atoms with E-state index in [0.717, 1.165) is 0 Å². The maximum absolute atomic E-state index is 13.4. The van der Waals surface area contributed by atoms with Crippen LogP contribution in [0.5, 0.6) is 0 Å². The third kappa shape index (κ3) is 3.62. The Morgan fingerprint density at radius 2 is 2.12 bits per heavy atom. The molecule has 1 aromatic heterocycles. The molecule has 25 heavy (non-hydrogen) atoms. The zero-order chi connectivity index (χ0) is 18.2. The summed E-state index contributed by atoms with van der Waals surface area (Å²) in [5.74, 6) is 1.13. The quantitative estimate of drug-likeness (QED) is 0.845. The maximum atomic E-state index is 13.4. The van der Waals surface area contributed by atoms with E-state index in [9.17, 15) is 8.78 Å². The topological polar surface area (TPSA) is 89.2 Å². The van der Waals surface area contributed by atoms with Crippen molar-refractivity contribution in [2.45, 2.75) is 38.9 Å². The van der Waals surface area contributed by atoms with Crippen molar-refractivity contribution in [3.8, 4) is 0 Å². The number of alkyl halides is 2. The van der Waals surface area contributed by atoms with E-state index in [1.807, 2.05) is 18.7 Å². The average Bonchev–Trinajstić information content (AvgIpc) is 2.53. The Morgan fingerprint density at radius 1 is 1.36 bits per heavy atom. The standard InChI is InChI=1S/C16H22F2N6O/c1-9-21-14(11-7-20-12(19)6-10(11)13(17)18)23-15(22-9)24-4-5-25-8-16(24,2)3/h6-7,12-13,20H,4-5,8,19H2,1-3H3. The first-order valence-corrected chi connectivity index (χ1v) is 8.08. The number of nitrogens with one attached hydrogen (secondary N) is 1. The van der Waals surface area contributed by atoms with Gasteiger partial charge >= 0.3 is 0 Å². The fourth-order valence-electron chi connectivity index (χ4n) is 2.92. The second-order valence-corrected chi connectivity index (χ2v) is 6.70. The van der Waals surface area contributed by atoms with Gasteiger partial charge in [-0.2, -0.15) is 9.97 Å². The molecule has 1 unspecified atom stereocenters. The van der Waals surface area contributed by atoms with Crippen LogP contribution in [0.25, 0.3) is 5.57 Å². The van der Waals surface area contributed by atoms with Crippen LogP contribution in [0.1, 0.15) is 25.5 Å². The smallest absolute Gasteiger partial charge is 0.264 e. The molecular weight excluding hydrogens is 330 g/mol. The number of dihydropyridines is 1. The highest BCUT2D eigenvalue weighted by Crippen LogP contribution is 2.30. The van der Waals surface area contributed by atoms with Crippen molar-refractivity contribution in [3.05, 3.63) is 29.5 Å². The second kappa shape index (κ2) is 6.64. The molecule has 3 N–H and O–H groups in total. The third-order valence-corrected chi connectivity index (χ3v) is 4.19. The van der Waals surface area contributed by atoms with Crippen molar-refractivity contribution in [1.29, 1.82) is 0 Å². The third-order valence-electron chi connectivity index (χ3n) is 4.19. The molecule has 9 heteroatoms. The molecule has 0 saturated carbocycles. The van der Waals surface area contributed by atoms with Gasteiger partial charge in [-0.15, -0.1) is 0 Å². The van der Waals surface area contributed by atoms with Crippen LogP contribution < -0.4 is 16.0 Å². The molecule has 1 aromatic rings. The number of halogens is 2. The fraction of sp³-hybridized carbons (Fsp3) is 0.562. The van der Waals surface area contributed by atoms with Crippen LogP contribution in [-0.2, 0) is 4.74 Å². The van der Waals surface area contributed by atoms with E-state index in [4.69, 9.17) is 10.5 Å². The zero-order valence-electron chi connectivity index (χ0n) is 14.5. The van der Waals surface area contributed by atoms with E-state index in [-0.39, 0.29) is 22.5 Å². The molecule has 0 spiro atoms. The first-order chi connectivity index (χ1) is 11.8. The summed E-state index contributed by atoms with van der Waals surface area (Å²) in [7, 11) is 0. The number of morpholine rings is 1. The van der Waals surface area contributed by atoms with E-state index >= 15 is 0 Å². The van der Waals surface area contributed by atoms with E-state index in [1.54, 1.807) is 6.92 Å². The van der Waals surface area contributed by atoms with E-state index in [0.29, 0.717) is 31.5 Å². The fourth-order valence-corrected chi connectivity index (χ4v) is 2.92. The summed E-state index contributed by atoms with van der Waals surface area (Å²) in [5.41, 5.74) is 5.43. The molecule has 1 fully saturated rings. The number of nitrogens with two attached hydrogens (primary N) is 1. The summed E-state index contributed by atoms with van der Waals surface area (Å²) >= 11 is 0. The minimum Gasteiger partial charge on any atom is -0.377 e. The van der Waals surface area contributed by atoms with Crippen LogP contribution in [0.2, 0.25) is 0 Å². The highest BCUT2D eigenvalue weighted by molar-refractivity contribution is 5.77. The lowest BCUT2D eigenvalue weighted by Gasteiger charge is -2.42. The van der Waals surface area contributed by atoms with Crippen LogP contribution in [0.4, 0.5) is 14.7 Å². The van der Waals surface area contributed by atoms with Gasteiger partial charge in [-0.05, 0) is 26.8 Å². The molecule has 7 nitrogen and oxygen atoms in total. The Labute approximate surface area is 145 Å². The Bertz CT molecular complexity index is 719. The number of aromatic nitrogens is 3. The predicted octanol–water partition coefficient (Wildman–Crippen LogP) is 1.22. The molecule has 136 valence electrons. The van der Waals surface area contributed by atoms with Crippen LogP contribution in [-0.4, -0.2) is 52.8 Å². The lowest BCUT2D eigenvalue weighted by atomic mass is 10.0. The molecule has 1 atom stereocenters. The monoisotopic (exact) mass is 352 g/mol. The Balaban J connectivity index is 2.01. The molecule has 3 rings (SSSR count). The molecule has 3 heterocycles. The molecule has 2 aliphatic rings. The van der Waals surface area contributed by atoms with Crippen molar-refractivity contribution in [2.24, 2.45) is 5.73 Å². The number of aryl methyl sites for hydroxylation is 1. The number of anilines is 1. The summed E-state index contributed by atoms with van der Waals surface area (Å²) in [6, 6.07) is 0. The summed E-state index contributed by atoms with van der Waals surface area (Å²) < 4.78 is 32.4. The Morgan fingerprint density at radius 3 is 2.80 bits per heavy atom. The van der Waals surface area contributed by atoms with Gasteiger partial charge in [0.05, 0.1) is 24.9 Å². The van der Waals surface area contributed by atoms with E-state index < -0.39 is 12.6 Å². The molecular formula is C16H22F2N6O. The van der Waals surface area contributed by atoms with Gasteiger partial charge in [-0.3, -0.25) is 0 Å². The van der Waals surface area contributed by atoms with Gasteiger partial charge in [0.2, 0.25) is 5.95 Å². The van der Waals surface area contributed by atoms with Gasteiger partial charge in [0.1, 0.15) is 5.82 Å². The number of allylic oxidation sites excluding steroid dienone is 2. The van der Waals surface area contributed by atoms with Crippen LogP contribution in [0.15, 0.2) is 17.8 Å². The highest BCUT2D eigenvalue weighted by atomic mass is 19.3. The molecule has 0 amide bonds. The number of ether oxygens (including phenoxy) is 1. The lowest BCUT2D eigenvalue weighted by Crippen LogP contribution is -2.54. The molecule has 0 radical (unpaired) electrons. The molecule has 0 bridgehead atoms. The van der Waals surface area contributed by atoms with Crippen molar-refractivity contribution in [2.75, 3.05) is 24.7 Å². The number of hydrogen-bond donors (Lipinski definition) is 2. The lowest BCUT2D eigenvalue weighted by molar-refractivity contribution is 0.0633. The minimum atomic E-state index is -2.67. The summed E-state index contributed by atoms with van der Waals surface area (Å²) in [6.45, 7) is 7.48. The van der Waals surface area contributed by atoms with Gasteiger partial charge in [0, 0.05) is 23.9 Å². The maximum Gasteiger partial charge on any atom is 0.264 e. The SMILES string of the molecule is Cc1nc(C2=CNC(N)C=C2C(F)F)nc(N2CCOCC2(C)C)n1. The van der Waals surface area contributed by atoms with Gasteiger partial charge in [0.15, 0.2) is 5.82 Å². The van der Waals surface area contributed by atoms with Crippen molar-refractivity contribution < 1.29 is 13.5 Å². The number of hydrogen-bond acceptors (Lipinski definition) is 7. The van der Waals surface area contributed by atoms with Crippen LogP contribution in [0, 0.1) is 6.92 Å². The predicted molar refractivity (Wildman–Crippen MR) is 90.0 cm³/mol. The molecule has 1 saturated heterocycles. The normalized spacial score (nSPS) is 23.2. The van der Waals surface area contributed by atoms with Crippen molar-refractivity contribution in [3.63, 3.8) is 0 Å². The first kappa shape index (κ1) is 17.7. The van der Waals surface area contributed by atoms with Crippen LogP contribution >= 0.6 is 0 Å². The molecule has 2 aliphatic heterocycles. The molecule has 0 aliphatic carbocycles. The Hall–Kier alpha value is -2.13. The largest absolute Gasteiger partial charge is 0.377 e. The molecule has 0 aromatic carbocycles. The number of rotatable bonds is 3. The van der Waals surface area contributed by atoms with Gasteiger partial charge < -0.3 is 20.7 Å². The summed E-state index contributed by atoms with van der Waals surface area (Å²) in [5, 5.41) is 2.82. The van der Waals surface area contributed by atoms with Crippen LogP contribution in [0.3, 0.4) is 0 Å². The van der Waals surface area contributed by atoms with Crippen molar-refractivity contribution >= 4 is 11.5 Å². The van der Waals surface area contributed by atoms with Gasteiger partial charge in [-0.1, -0.05) is 0 Å². The number of nitrogens with zero attached hydrogens (tertiary/aromatic N) is 4. The summed E-state index contributed by atoms with van der Waals surface area (Å²) in [6.07, 6.45) is -0.597. The van der Waals surface area contributed by atoms with Gasteiger partial charge in [0.25, 0.3) is 6.43 Å². The second-order valence-electron chi connectivity index (χ2n) is 6.70. The minimum absolute atomic E-state index is 0.177. The Kier molecular flexibility index (Phi) is 4.70. The van der Waals surface area contributed by atoms with E-state index in [1.165, 1.54) is 12.3 Å². The van der Waals surface area contributed by atoms with Gasteiger partial charge in [-0.25, -0.2) is 13.8 Å². The zero-order valence-corrected chi connectivity index (χ0v) is 14.5. The van der Waals surface area contributed by atoms with Crippen molar-refractivity contribution in [1.82, 2.24) is 20.3 Å². The summed E-state index contributed by atoms with van der Waals surface area (Å²) in [4.78, 5) is 15.1. The van der Waals surface area contributed by atoms with E-state index in [2.05, 4.69) is 20.3 Å². The first-order valence-electron chi connectivity index (χ1n) is 8.08. The average molecular weight is 352 g/mol. The highest BCUT2D eigenvalue weighted by Gasteiger charge is 2.33.